The van der Waals surface area contributed by atoms with Crippen LogP contribution in [-0.2, 0) is 14.5 Å². The van der Waals surface area contributed by atoms with Crippen molar-refractivity contribution in [2.24, 2.45) is 0 Å². The zero-order chi connectivity index (χ0) is 9.23. The third-order valence-electron chi connectivity index (χ3n) is 1.34. The van der Waals surface area contributed by atoms with Gasteiger partial charge in [-0.3, -0.25) is 9.63 Å². The lowest BCUT2D eigenvalue weighted by molar-refractivity contribution is -0.190. The van der Waals surface area contributed by atoms with Gasteiger partial charge in [0.15, 0.2) is 0 Å². The Hall–Kier alpha value is -0.610. The second kappa shape index (κ2) is 8.49. The predicted molar refractivity (Wildman–Crippen MR) is 45.0 cm³/mol. The Balaban J connectivity index is 3.10. The summed E-state index contributed by atoms with van der Waals surface area (Å²) < 4.78 is 0. The minimum atomic E-state index is -0.267. The molecule has 0 atom stereocenters. The minimum Gasteiger partial charge on any atom is -0.345 e. The highest BCUT2D eigenvalue weighted by atomic mass is 16.9. The number of carbonyl (C=O) groups is 1. The van der Waals surface area contributed by atoms with Gasteiger partial charge in [0.2, 0.25) is 0 Å². The Labute approximate surface area is 73.1 Å². The fourth-order valence-corrected chi connectivity index (χ4v) is 0.705. The molecule has 0 amide bonds. The van der Waals surface area contributed by atoms with E-state index in [4.69, 9.17) is 0 Å². The Morgan fingerprint density at radius 3 is 2.67 bits per heavy atom. The van der Waals surface area contributed by atoms with Gasteiger partial charge in [-0.05, 0) is 19.0 Å². The normalized spacial score (nSPS) is 9.83. The number of hydrogen-bond donors (Lipinski definition) is 1. The van der Waals surface area contributed by atoms with Crippen molar-refractivity contribution in [1.29, 1.82) is 0 Å². The van der Waals surface area contributed by atoms with Crippen LogP contribution < -0.4 is 5.64 Å². The average molecular weight is 175 g/mol. The Morgan fingerprint density at radius 1 is 1.33 bits per heavy atom. The van der Waals surface area contributed by atoms with Crippen LogP contribution in [0.3, 0.4) is 0 Å². The summed E-state index contributed by atoms with van der Waals surface area (Å²) in [5, 5.41) is 0. The molecule has 0 bridgehead atoms. The molecule has 12 heavy (non-hydrogen) atoms. The predicted octanol–water partition coefficient (Wildman–Crippen LogP) is 1.57. The van der Waals surface area contributed by atoms with Crippen molar-refractivity contribution in [1.82, 2.24) is 5.64 Å². The molecule has 0 saturated heterocycles. The second-order valence-corrected chi connectivity index (χ2v) is 2.45. The van der Waals surface area contributed by atoms with E-state index in [0.717, 1.165) is 19.3 Å². The first-order valence-electron chi connectivity index (χ1n) is 4.37. The number of nitrogens with one attached hydrogen (secondary N) is 1. The van der Waals surface area contributed by atoms with Crippen molar-refractivity contribution in [3.8, 4) is 0 Å². The molecule has 0 rings (SSSR count). The molecule has 0 aromatic carbocycles. The summed E-state index contributed by atoms with van der Waals surface area (Å²) in [6, 6.07) is 0. The van der Waals surface area contributed by atoms with Gasteiger partial charge in [-0.1, -0.05) is 19.8 Å². The van der Waals surface area contributed by atoms with Crippen LogP contribution in [0.5, 0.6) is 0 Å². The standard InChI is InChI=1S/C8H17NO3/c1-3-5-6-7-8(10)12-9-11-4-2/h9H,3-7H2,1-2H3. The van der Waals surface area contributed by atoms with Crippen molar-refractivity contribution in [2.45, 2.75) is 39.5 Å². The van der Waals surface area contributed by atoms with Crippen LogP contribution in [0.1, 0.15) is 39.5 Å². The van der Waals surface area contributed by atoms with E-state index < -0.39 is 0 Å². The summed E-state index contributed by atoms with van der Waals surface area (Å²) in [6.07, 6.45) is 3.49. The highest BCUT2D eigenvalue weighted by molar-refractivity contribution is 5.68. The largest absolute Gasteiger partial charge is 0.345 e. The van der Waals surface area contributed by atoms with Crippen molar-refractivity contribution >= 4 is 5.97 Å². The van der Waals surface area contributed by atoms with E-state index in [-0.39, 0.29) is 5.97 Å². The van der Waals surface area contributed by atoms with Gasteiger partial charge in [-0.15, -0.1) is 0 Å². The minimum absolute atomic E-state index is 0.267. The fourth-order valence-electron chi connectivity index (χ4n) is 0.705. The molecule has 0 aliphatic rings. The zero-order valence-electron chi connectivity index (χ0n) is 7.76. The lowest BCUT2D eigenvalue weighted by atomic mass is 10.2. The molecule has 4 nitrogen and oxygen atoms in total. The van der Waals surface area contributed by atoms with Gasteiger partial charge >= 0.3 is 5.97 Å². The van der Waals surface area contributed by atoms with Gasteiger partial charge in [0, 0.05) is 6.42 Å². The molecular formula is C8H17NO3. The quantitative estimate of drug-likeness (QED) is 0.471. The van der Waals surface area contributed by atoms with E-state index in [2.05, 4.69) is 22.2 Å². The molecule has 0 spiro atoms. The first-order chi connectivity index (χ1) is 5.81. The first kappa shape index (κ1) is 11.4. The fraction of sp³-hybridized carbons (Fsp3) is 0.875. The van der Waals surface area contributed by atoms with Gasteiger partial charge in [0.25, 0.3) is 0 Å². The van der Waals surface area contributed by atoms with Crippen molar-refractivity contribution in [3.05, 3.63) is 0 Å². The van der Waals surface area contributed by atoms with Crippen LogP contribution >= 0.6 is 0 Å². The van der Waals surface area contributed by atoms with Gasteiger partial charge in [-0.25, -0.2) is 0 Å². The molecule has 1 N–H and O–H groups in total. The highest BCUT2D eigenvalue weighted by Crippen LogP contribution is 1.99. The maximum atomic E-state index is 10.8. The molecule has 0 aliphatic carbocycles. The number of carbonyl (C=O) groups excluding carboxylic acids is 1. The number of unbranched alkanes of at least 4 members (excludes halogenated alkanes) is 2. The van der Waals surface area contributed by atoms with Gasteiger partial charge < -0.3 is 4.84 Å². The van der Waals surface area contributed by atoms with Crippen molar-refractivity contribution < 1.29 is 14.5 Å². The van der Waals surface area contributed by atoms with Gasteiger partial charge in [-0.2, -0.15) is 0 Å². The van der Waals surface area contributed by atoms with Crippen LogP contribution in [0.15, 0.2) is 0 Å². The molecule has 0 unspecified atom stereocenters. The molecule has 0 aromatic rings. The average Bonchev–Trinajstić information content (AvgIpc) is 2.06. The third-order valence-corrected chi connectivity index (χ3v) is 1.34. The molecule has 0 heterocycles. The molecular weight excluding hydrogens is 158 g/mol. The van der Waals surface area contributed by atoms with Crippen molar-refractivity contribution in [2.75, 3.05) is 6.61 Å². The summed E-state index contributed by atoms with van der Waals surface area (Å²) in [5.74, 6) is -0.267. The van der Waals surface area contributed by atoms with Crippen LogP contribution in [0.2, 0.25) is 0 Å². The number of hydrogen-bond acceptors (Lipinski definition) is 4. The zero-order valence-corrected chi connectivity index (χ0v) is 7.76. The van der Waals surface area contributed by atoms with E-state index in [9.17, 15) is 4.79 Å². The van der Waals surface area contributed by atoms with E-state index in [0.29, 0.717) is 13.0 Å². The molecule has 4 heteroatoms. The maximum Gasteiger partial charge on any atom is 0.327 e. The molecule has 0 aliphatic heterocycles. The summed E-state index contributed by atoms with van der Waals surface area (Å²) >= 11 is 0. The lowest BCUT2D eigenvalue weighted by Crippen LogP contribution is -2.19. The summed E-state index contributed by atoms with van der Waals surface area (Å²) in [5.41, 5.74) is 2.11. The van der Waals surface area contributed by atoms with E-state index in [1.807, 2.05) is 0 Å². The first-order valence-corrected chi connectivity index (χ1v) is 4.37. The lowest BCUT2D eigenvalue weighted by Gasteiger charge is -2.03. The Morgan fingerprint density at radius 2 is 2.08 bits per heavy atom. The Bertz CT molecular complexity index is 105. The monoisotopic (exact) mass is 175 g/mol. The highest BCUT2D eigenvalue weighted by Gasteiger charge is 2.00. The van der Waals surface area contributed by atoms with Gasteiger partial charge in [0.05, 0.1) is 6.61 Å². The Kier molecular flexibility index (Phi) is 8.05. The summed E-state index contributed by atoms with van der Waals surface area (Å²) in [7, 11) is 0. The topological polar surface area (TPSA) is 47.6 Å². The summed E-state index contributed by atoms with van der Waals surface area (Å²) in [4.78, 5) is 20.0. The van der Waals surface area contributed by atoms with E-state index >= 15 is 0 Å². The van der Waals surface area contributed by atoms with Crippen LogP contribution in [0.4, 0.5) is 0 Å². The van der Waals surface area contributed by atoms with Crippen LogP contribution in [0, 0.1) is 0 Å². The van der Waals surface area contributed by atoms with Crippen LogP contribution in [0.25, 0.3) is 0 Å². The van der Waals surface area contributed by atoms with Crippen molar-refractivity contribution in [3.63, 3.8) is 0 Å². The van der Waals surface area contributed by atoms with E-state index in [1.54, 1.807) is 6.92 Å². The van der Waals surface area contributed by atoms with Gasteiger partial charge in [0.1, 0.15) is 0 Å². The second-order valence-electron chi connectivity index (χ2n) is 2.45. The van der Waals surface area contributed by atoms with E-state index in [1.165, 1.54) is 0 Å². The third kappa shape index (κ3) is 7.50. The molecule has 72 valence electrons. The number of rotatable bonds is 7. The summed E-state index contributed by atoms with van der Waals surface area (Å²) in [6.45, 7) is 4.37. The maximum absolute atomic E-state index is 10.8. The smallest absolute Gasteiger partial charge is 0.327 e. The van der Waals surface area contributed by atoms with Crippen LogP contribution in [-0.4, -0.2) is 12.6 Å². The molecule has 0 saturated carbocycles. The molecule has 0 aromatic heterocycles. The molecule has 0 fully saturated rings. The molecule has 0 radical (unpaired) electrons. The SMILES string of the molecule is CCCCCC(=O)ONOCC.